The lowest BCUT2D eigenvalue weighted by atomic mass is 10.1. The summed E-state index contributed by atoms with van der Waals surface area (Å²) in [5.41, 5.74) is 5.41. The van der Waals surface area contributed by atoms with Crippen molar-refractivity contribution in [3.63, 3.8) is 0 Å². The molecule has 0 unspecified atom stereocenters. The largest absolute Gasteiger partial charge is 0.369 e. The smallest absolute Gasteiger partial charge is 0.223 e. The van der Waals surface area contributed by atoms with Gasteiger partial charge in [-0.05, 0) is 0 Å². The molecule has 104 valence electrons. The third-order valence-electron chi connectivity index (χ3n) is 3.38. The summed E-state index contributed by atoms with van der Waals surface area (Å²) in [5.74, 6) is 0.129. The fraction of sp³-hybridized carbons (Fsp3) is 0.583. The van der Waals surface area contributed by atoms with E-state index in [1.165, 1.54) is 6.92 Å². The van der Waals surface area contributed by atoms with Crippen LogP contribution in [0.2, 0.25) is 0 Å². The highest BCUT2D eigenvalue weighted by atomic mass is 16.2. The molecule has 1 aliphatic rings. The summed E-state index contributed by atoms with van der Waals surface area (Å²) in [5, 5.41) is 0. The number of H-pyrrole nitrogens is 1. The van der Waals surface area contributed by atoms with Gasteiger partial charge in [-0.2, -0.15) is 0 Å². The highest BCUT2D eigenvalue weighted by Gasteiger charge is 2.27. The van der Waals surface area contributed by atoms with E-state index in [1.54, 1.807) is 17.3 Å². The number of aromatic nitrogens is 2. The van der Waals surface area contributed by atoms with E-state index in [-0.39, 0.29) is 17.7 Å². The average molecular weight is 265 g/mol. The predicted molar refractivity (Wildman–Crippen MR) is 68.8 cm³/mol. The molecule has 1 aromatic heterocycles. The first kappa shape index (κ1) is 13.5. The van der Waals surface area contributed by atoms with Crippen molar-refractivity contribution in [1.82, 2.24) is 19.8 Å². The Kier molecular flexibility index (Phi) is 4.16. The molecule has 0 aliphatic carbocycles. The summed E-state index contributed by atoms with van der Waals surface area (Å²) < 4.78 is 0. The van der Waals surface area contributed by atoms with Gasteiger partial charge in [-0.25, -0.2) is 4.98 Å². The van der Waals surface area contributed by atoms with Crippen LogP contribution in [-0.2, 0) is 16.1 Å². The third-order valence-corrected chi connectivity index (χ3v) is 3.38. The molecule has 2 heterocycles. The second-order valence-corrected chi connectivity index (χ2v) is 4.84. The van der Waals surface area contributed by atoms with Gasteiger partial charge in [-0.15, -0.1) is 0 Å². The van der Waals surface area contributed by atoms with E-state index in [1.807, 2.05) is 0 Å². The number of nitrogens with zero attached hydrogens (tertiary/aromatic N) is 3. The molecule has 7 heteroatoms. The van der Waals surface area contributed by atoms with Gasteiger partial charge in [0.1, 0.15) is 5.82 Å². The molecule has 1 saturated heterocycles. The van der Waals surface area contributed by atoms with Gasteiger partial charge in [-0.3, -0.25) is 14.5 Å². The van der Waals surface area contributed by atoms with Crippen molar-refractivity contribution in [1.29, 1.82) is 0 Å². The van der Waals surface area contributed by atoms with Crippen LogP contribution in [0.25, 0.3) is 0 Å². The van der Waals surface area contributed by atoms with Crippen molar-refractivity contribution >= 4 is 11.8 Å². The Labute approximate surface area is 111 Å². The van der Waals surface area contributed by atoms with E-state index in [4.69, 9.17) is 5.73 Å². The van der Waals surface area contributed by atoms with Gasteiger partial charge >= 0.3 is 0 Å². The molecular weight excluding hydrogens is 246 g/mol. The lowest BCUT2D eigenvalue weighted by Gasteiger charge is -2.20. The van der Waals surface area contributed by atoms with Crippen molar-refractivity contribution in [3.8, 4) is 0 Å². The van der Waals surface area contributed by atoms with Crippen molar-refractivity contribution in [2.75, 3.05) is 26.2 Å². The van der Waals surface area contributed by atoms with Crippen molar-refractivity contribution < 1.29 is 9.59 Å². The number of hydrogen-bond acceptors (Lipinski definition) is 4. The maximum absolute atomic E-state index is 11.5. The molecule has 0 aromatic carbocycles. The molecule has 0 saturated carbocycles. The quantitative estimate of drug-likeness (QED) is 0.746. The van der Waals surface area contributed by atoms with Crippen LogP contribution in [0, 0.1) is 5.92 Å². The lowest BCUT2D eigenvalue weighted by Crippen LogP contribution is -2.39. The topological polar surface area (TPSA) is 95.3 Å². The fourth-order valence-corrected chi connectivity index (χ4v) is 2.29. The van der Waals surface area contributed by atoms with Crippen LogP contribution in [-0.4, -0.2) is 57.8 Å². The minimum atomic E-state index is -0.363. The number of imidazole rings is 1. The Hall–Kier alpha value is -1.89. The lowest BCUT2D eigenvalue weighted by molar-refractivity contribution is -0.130. The number of aromatic amines is 1. The van der Waals surface area contributed by atoms with E-state index in [2.05, 4.69) is 14.9 Å². The number of carbonyl (C=O) groups excluding carboxylic acids is 2. The molecular formula is C12H19N5O2. The zero-order chi connectivity index (χ0) is 13.8. The minimum absolute atomic E-state index is 0.0221. The van der Waals surface area contributed by atoms with E-state index in [0.29, 0.717) is 32.7 Å². The van der Waals surface area contributed by atoms with Crippen LogP contribution in [0.1, 0.15) is 12.7 Å². The number of amides is 2. The SMILES string of the molecule is CC(=O)N1CCN(Cc2ncc[nH]2)C[C@@H](C(N)=O)C1. The predicted octanol–water partition coefficient (Wildman–Crippen LogP) is -0.825. The summed E-state index contributed by atoms with van der Waals surface area (Å²) in [6, 6.07) is 0. The van der Waals surface area contributed by atoms with Crippen LogP contribution < -0.4 is 5.73 Å². The normalized spacial score (nSPS) is 21.1. The van der Waals surface area contributed by atoms with Gasteiger partial charge in [0, 0.05) is 45.5 Å². The minimum Gasteiger partial charge on any atom is -0.369 e. The van der Waals surface area contributed by atoms with E-state index >= 15 is 0 Å². The zero-order valence-corrected chi connectivity index (χ0v) is 11.0. The van der Waals surface area contributed by atoms with Gasteiger partial charge in [-0.1, -0.05) is 0 Å². The first-order valence-corrected chi connectivity index (χ1v) is 6.31. The first-order valence-electron chi connectivity index (χ1n) is 6.31. The highest BCUT2D eigenvalue weighted by molar-refractivity contribution is 5.79. The molecule has 2 amide bonds. The number of primary amides is 1. The molecule has 0 radical (unpaired) electrons. The van der Waals surface area contributed by atoms with Gasteiger partial charge in [0.15, 0.2) is 0 Å². The maximum atomic E-state index is 11.5. The van der Waals surface area contributed by atoms with Gasteiger partial charge in [0.25, 0.3) is 0 Å². The summed E-state index contributed by atoms with van der Waals surface area (Å²) in [6.07, 6.45) is 3.46. The molecule has 7 nitrogen and oxygen atoms in total. The maximum Gasteiger partial charge on any atom is 0.223 e. The first-order chi connectivity index (χ1) is 9.06. The Balaban J connectivity index is 2.05. The number of hydrogen-bond donors (Lipinski definition) is 2. The van der Waals surface area contributed by atoms with Crippen LogP contribution in [0.15, 0.2) is 12.4 Å². The summed E-state index contributed by atoms with van der Waals surface area (Å²) in [7, 11) is 0. The van der Waals surface area contributed by atoms with Crippen molar-refractivity contribution in [2.45, 2.75) is 13.5 Å². The van der Waals surface area contributed by atoms with Gasteiger partial charge < -0.3 is 15.6 Å². The number of nitrogens with one attached hydrogen (secondary N) is 1. The summed E-state index contributed by atoms with van der Waals surface area (Å²) in [4.78, 5) is 33.9. The molecule has 0 spiro atoms. The molecule has 2 rings (SSSR count). The monoisotopic (exact) mass is 265 g/mol. The van der Waals surface area contributed by atoms with Crippen molar-refractivity contribution in [2.24, 2.45) is 11.7 Å². The second-order valence-electron chi connectivity index (χ2n) is 4.84. The van der Waals surface area contributed by atoms with E-state index < -0.39 is 0 Å². The summed E-state index contributed by atoms with van der Waals surface area (Å²) in [6.45, 7) is 4.42. The Morgan fingerprint density at radius 1 is 1.47 bits per heavy atom. The summed E-state index contributed by atoms with van der Waals surface area (Å²) >= 11 is 0. The number of nitrogens with two attached hydrogens (primary N) is 1. The van der Waals surface area contributed by atoms with Gasteiger partial charge in [0.05, 0.1) is 12.5 Å². The standard InChI is InChI=1S/C12H19N5O2/c1-9(18)17-5-4-16(6-10(7-17)12(13)19)8-11-14-2-3-15-11/h2-3,10H,4-8H2,1H3,(H2,13,19)(H,14,15)/t10-/m1/s1. The van der Waals surface area contributed by atoms with E-state index in [0.717, 1.165) is 5.82 Å². The van der Waals surface area contributed by atoms with Crippen LogP contribution in [0.3, 0.4) is 0 Å². The van der Waals surface area contributed by atoms with Crippen LogP contribution in [0.5, 0.6) is 0 Å². The third kappa shape index (κ3) is 3.54. The fourth-order valence-electron chi connectivity index (χ4n) is 2.29. The van der Waals surface area contributed by atoms with E-state index in [9.17, 15) is 9.59 Å². The average Bonchev–Trinajstić information content (AvgIpc) is 2.74. The Morgan fingerprint density at radius 3 is 2.84 bits per heavy atom. The van der Waals surface area contributed by atoms with Crippen LogP contribution >= 0.6 is 0 Å². The molecule has 3 N–H and O–H groups in total. The van der Waals surface area contributed by atoms with Crippen LogP contribution in [0.4, 0.5) is 0 Å². The molecule has 1 aromatic rings. The molecule has 1 aliphatic heterocycles. The zero-order valence-electron chi connectivity index (χ0n) is 11.0. The molecule has 1 fully saturated rings. The molecule has 0 bridgehead atoms. The number of rotatable bonds is 3. The Morgan fingerprint density at radius 2 is 2.26 bits per heavy atom. The molecule has 1 atom stereocenters. The Bertz CT molecular complexity index is 445. The van der Waals surface area contributed by atoms with Crippen molar-refractivity contribution in [3.05, 3.63) is 18.2 Å². The number of carbonyl (C=O) groups is 2. The molecule has 19 heavy (non-hydrogen) atoms. The van der Waals surface area contributed by atoms with Gasteiger partial charge in [0.2, 0.25) is 11.8 Å². The second kappa shape index (κ2) is 5.83. The highest BCUT2D eigenvalue weighted by Crippen LogP contribution is 2.11.